The first-order valence-electron chi connectivity index (χ1n) is 13.2. The third-order valence-corrected chi connectivity index (χ3v) is 10.0. The lowest BCUT2D eigenvalue weighted by atomic mass is 10.0. The lowest BCUT2D eigenvalue weighted by Gasteiger charge is -2.30. The van der Waals surface area contributed by atoms with Crippen LogP contribution < -0.4 is 9.21 Å². The molecule has 1 aliphatic heterocycles. The number of carbonyl (C=O) groups excluding carboxylic acids is 1. The van der Waals surface area contributed by atoms with E-state index in [1.165, 1.54) is 27.8 Å². The maximum absolute atomic E-state index is 13.9. The highest BCUT2D eigenvalue weighted by Crippen LogP contribution is 2.34. The van der Waals surface area contributed by atoms with Gasteiger partial charge in [-0.15, -0.1) is 0 Å². The lowest BCUT2D eigenvalue weighted by Crippen LogP contribution is -2.35. The highest BCUT2D eigenvalue weighted by molar-refractivity contribution is 7.92. The van der Waals surface area contributed by atoms with Crippen molar-refractivity contribution < 1.29 is 13.2 Å². The molecular weight excluding hydrogens is 542 g/mol. The Kier molecular flexibility index (Phi) is 6.89. The van der Waals surface area contributed by atoms with Gasteiger partial charge in [0, 0.05) is 31.0 Å². The first-order valence-corrected chi connectivity index (χ1v) is 15.4. The predicted octanol–water partition coefficient (Wildman–Crippen LogP) is 5.60. The van der Waals surface area contributed by atoms with Crippen molar-refractivity contribution in [2.24, 2.45) is 0 Å². The first-order chi connectivity index (χ1) is 19.3. The molecule has 0 atom stereocenters. The minimum atomic E-state index is -3.77. The molecule has 0 saturated heterocycles. The van der Waals surface area contributed by atoms with Crippen LogP contribution in [0.4, 0.5) is 10.8 Å². The Morgan fingerprint density at radius 2 is 1.85 bits per heavy atom. The molecule has 0 radical (unpaired) electrons. The van der Waals surface area contributed by atoms with Gasteiger partial charge < -0.3 is 0 Å². The van der Waals surface area contributed by atoms with E-state index in [1.54, 1.807) is 27.9 Å². The summed E-state index contributed by atoms with van der Waals surface area (Å²) in [6, 6.07) is 19.9. The number of amides is 1. The van der Waals surface area contributed by atoms with Gasteiger partial charge in [-0.05, 0) is 85.8 Å². The number of aromatic nitrogens is 3. The van der Waals surface area contributed by atoms with Crippen LogP contribution in [0.5, 0.6) is 0 Å². The number of aryl methyl sites for hydroxylation is 3. The van der Waals surface area contributed by atoms with Crippen LogP contribution in [0.2, 0.25) is 0 Å². The van der Waals surface area contributed by atoms with Crippen LogP contribution >= 0.6 is 11.3 Å². The van der Waals surface area contributed by atoms with Gasteiger partial charge in [-0.2, -0.15) is 5.10 Å². The van der Waals surface area contributed by atoms with Crippen molar-refractivity contribution in [1.29, 1.82) is 0 Å². The SMILES string of the molecule is Cc1cc(C)c2nc(N(CCn3cccn3)C(=O)c3ccc(S(=O)(=O)N4CCCc5ccccc54)cc3)sc2c1. The van der Waals surface area contributed by atoms with E-state index in [1.807, 2.05) is 50.4 Å². The summed E-state index contributed by atoms with van der Waals surface area (Å²) in [5.41, 5.74) is 5.23. The maximum atomic E-state index is 13.9. The van der Waals surface area contributed by atoms with E-state index < -0.39 is 10.0 Å². The van der Waals surface area contributed by atoms with Crippen molar-refractivity contribution >= 4 is 48.3 Å². The Hall–Kier alpha value is -4.02. The number of nitrogens with zero attached hydrogens (tertiary/aromatic N) is 5. The van der Waals surface area contributed by atoms with Crippen molar-refractivity contribution in [3.63, 3.8) is 0 Å². The van der Waals surface area contributed by atoms with Crippen molar-refractivity contribution in [2.45, 2.75) is 38.1 Å². The highest BCUT2D eigenvalue weighted by Gasteiger charge is 2.29. The van der Waals surface area contributed by atoms with Crippen LogP contribution in [-0.2, 0) is 23.0 Å². The van der Waals surface area contributed by atoms with Crippen LogP contribution in [0.1, 0.15) is 33.5 Å². The molecule has 1 amide bonds. The molecule has 0 aliphatic carbocycles. The van der Waals surface area contributed by atoms with Crippen LogP contribution in [0.3, 0.4) is 0 Å². The number of sulfonamides is 1. The summed E-state index contributed by atoms with van der Waals surface area (Å²) in [6.45, 7) is 5.35. The third kappa shape index (κ3) is 4.89. The molecule has 3 heterocycles. The number of para-hydroxylation sites is 1. The molecule has 0 N–H and O–H groups in total. The molecule has 8 nitrogen and oxygen atoms in total. The minimum absolute atomic E-state index is 0.162. The number of thiazole rings is 1. The summed E-state index contributed by atoms with van der Waals surface area (Å²) >= 11 is 1.48. The number of anilines is 2. The smallest absolute Gasteiger partial charge is 0.264 e. The third-order valence-electron chi connectivity index (χ3n) is 7.16. The number of hydrogen-bond acceptors (Lipinski definition) is 6. The van der Waals surface area contributed by atoms with Crippen molar-refractivity contribution in [3.05, 3.63) is 101 Å². The van der Waals surface area contributed by atoms with E-state index in [4.69, 9.17) is 4.98 Å². The second-order valence-corrected chi connectivity index (χ2v) is 12.9. The Balaban J connectivity index is 1.31. The van der Waals surface area contributed by atoms with Gasteiger partial charge >= 0.3 is 0 Å². The van der Waals surface area contributed by atoms with E-state index in [0.717, 1.165) is 45.4 Å². The van der Waals surface area contributed by atoms with Gasteiger partial charge in [0.2, 0.25) is 0 Å². The molecule has 0 spiro atoms. The molecule has 40 heavy (non-hydrogen) atoms. The molecule has 5 aromatic rings. The molecular formula is C30H29N5O3S2. The summed E-state index contributed by atoms with van der Waals surface area (Å²) < 4.78 is 31.5. The number of carbonyl (C=O) groups is 1. The average molecular weight is 572 g/mol. The highest BCUT2D eigenvalue weighted by atomic mass is 32.2. The molecule has 0 bridgehead atoms. The monoisotopic (exact) mass is 571 g/mol. The quantitative estimate of drug-likeness (QED) is 0.254. The normalized spacial score (nSPS) is 13.4. The van der Waals surface area contributed by atoms with Gasteiger partial charge in [-0.3, -0.25) is 18.7 Å². The Labute approximate surface area is 237 Å². The fourth-order valence-electron chi connectivity index (χ4n) is 5.19. The van der Waals surface area contributed by atoms with E-state index >= 15 is 0 Å². The van der Waals surface area contributed by atoms with Gasteiger partial charge in [-0.25, -0.2) is 13.4 Å². The average Bonchev–Trinajstić information content (AvgIpc) is 3.63. The van der Waals surface area contributed by atoms with Crippen LogP contribution in [-0.4, -0.2) is 42.2 Å². The molecule has 6 rings (SSSR count). The van der Waals surface area contributed by atoms with E-state index in [2.05, 4.69) is 17.2 Å². The van der Waals surface area contributed by atoms with Crippen LogP contribution in [0, 0.1) is 13.8 Å². The number of benzene rings is 3. The Morgan fingerprint density at radius 1 is 1.05 bits per heavy atom. The summed E-state index contributed by atoms with van der Waals surface area (Å²) in [5.74, 6) is -0.243. The van der Waals surface area contributed by atoms with Crippen molar-refractivity contribution in [1.82, 2.24) is 14.8 Å². The summed E-state index contributed by atoms with van der Waals surface area (Å²) in [7, 11) is -3.77. The molecule has 0 fully saturated rings. The summed E-state index contributed by atoms with van der Waals surface area (Å²) in [5, 5.41) is 4.87. The Bertz CT molecular complexity index is 1800. The van der Waals surface area contributed by atoms with Gasteiger partial charge in [0.15, 0.2) is 5.13 Å². The fraction of sp³-hybridized carbons (Fsp3) is 0.233. The predicted molar refractivity (Wildman–Crippen MR) is 159 cm³/mol. The van der Waals surface area contributed by atoms with Gasteiger partial charge in [0.1, 0.15) is 0 Å². The fourth-order valence-corrected chi connectivity index (χ4v) is 7.90. The van der Waals surface area contributed by atoms with Gasteiger partial charge in [0.25, 0.3) is 15.9 Å². The molecule has 2 aromatic heterocycles. The topological polar surface area (TPSA) is 88.4 Å². The summed E-state index contributed by atoms with van der Waals surface area (Å²) in [6.07, 6.45) is 5.18. The molecule has 204 valence electrons. The molecule has 1 aliphatic rings. The summed E-state index contributed by atoms with van der Waals surface area (Å²) in [4.78, 5) is 20.5. The van der Waals surface area contributed by atoms with Crippen LogP contribution in [0.15, 0.2) is 84.0 Å². The standard InChI is InChI=1S/C30H29N5O3S2/c1-21-19-22(2)28-27(20-21)39-30(32-28)34(18-17-33-15-6-14-31-33)29(36)24-10-12-25(13-11-24)40(37,38)35-16-5-8-23-7-3-4-9-26(23)35/h3-4,6-7,9-15,19-20H,5,8,16-18H2,1-2H3. The number of fused-ring (bicyclic) bond motifs is 2. The number of hydrogen-bond donors (Lipinski definition) is 0. The zero-order valence-electron chi connectivity index (χ0n) is 22.3. The van der Waals surface area contributed by atoms with E-state index in [9.17, 15) is 13.2 Å². The van der Waals surface area contributed by atoms with Gasteiger partial charge in [0.05, 0.1) is 27.3 Å². The maximum Gasteiger partial charge on any atom is 0.264 e. The van der Waals surface area contributed by atoms with E-state index in [0.29, 0.717) is 30.3 Å². The van der Waals surface area contributed by atoms with Gasteiger partial charge in [-0.1, -0.05) is 35.6 Å². The number of rotatable bonds is 7. The Morgan fingerprint density at radius 3 is 2.62 bits per heavy atom. The van der Waals surface area contributed by atoms with E-state index in [-0.39, 0.29) is 10.8 Å². The molecule has 0 saturated carbocycles. The van der Waals surface area contributed by atoms with Crippen molar-refractivity contribution in [2.75, 3.05) is 22.3 Å². The second-order valence-electron chi connectivity index (χ2n) is 9.98. The second kappa shape index (κ2) is 10.5. The minimum Gasteiger partial charge on any atom is -0.282 e. The zero-order chi connectivity index (χ0) is 27.9. The lowest BCUT2D eigenvalue weighted by molar-refractivity contribution is 0.0985. The van der Waals surface area contributed by atoms with Crippen molar-refractivity contribution in [3.8, 4) is 0 Å². The molecule has 0 unspecified atom stereocenters. The zero-order valence-corrected chi connectivity index (χ0v) is 24.0. The largest absolute Gasteiger partial charge is 0.282 e. The first kappa shape index (κ1) is 26.2. The molecule has 10 heteroatoms. The van der Waals surface area contributed by atoms with Crippen LogP contribution in [0.25, 0.3) is 10.2 Å². The molecule has 3 aromatic carbocycles.